The standard InChI is InChI=1S/C7H13N5/c1-3-11-7(12-4-8)6(10)5(2)9/h3-4,11H,1-2,9-10H2,(H2,8,12)/b7-6+. The van der Waals surface area contributed by atoms with Crippen LogP contribution in [0, 0.1) is 0 Å². The van der Waals surface area contributed by atoms with Crippen LogP contribution < -0.4 is 22.5 Å². The second kappa shape index (κ2) is 4.84. The molecule has 0 bridgehead atoms. The van der Waals surface area contributed by atoms with Crippen LogP contribution in [0.5, 0.6) is 0 Å². The molecule has 0 amide bonds. The predicted octanol–water partition coefficient (Wildman–Crippen LogP) is -0.693. The highest BCUT2D eigenvalue weighted by atomic mass is 15.0. The number of aliphatic imine (C=N–C) groups is 1. The molecule has 0 saturated carbocycles. The van der Waals surface area contributed by atoms with E-state index >= 15 is 0 Å². The van der Waals surface area contributed by atoms with Gasteiger partial charge in [-0.15, -0.1) is 0 Å². The fourth-order valence-electron chi connectivity index (χ4n) is 0.508. The van der Waals surface area contributed by atoms with Crippen molar-refractivity contribution in [2.45, 2.75) is 0 Å². The molecular weight excluding hydrogens is 154 g/mol. The van der Waals surface area contributed by atoms with Crippen molar-refractivity contribution in [2.24, 2.45) is 22.2 Å². The Morgan fingerprint density at radius 1 is 1.42 bits per heavy atom. The van der Waals surface area contributed by atoms with Gasteiger partial charge in [0.2, 0.25) is 0 Å². The highest BCUT2D eigenvalue weighted by Gasteiger charge is 1.99. The first-order chi connectivity index (χ1) is 5.63. The zero-order chi connectivity index (χ0) is 9.56. The van der Waals surface area contributed by atoms with E-state index in [1.54, 1.807) is 0 Å². The lowest BCUT2D eigenvalue weighted by molar-refractivity contribution is 0.982. The van der Waals surface area contributed by atoms with Crippen LogP contribution in [0.3, 0.4) is 0 Å². The fourth-order valence-corrected chi connectivity index (χ4v) is 0.508. The third kappa shape index (κ3) is 2.78. The van der Waals surface area contributed by atoms with E-state index in [9.17, 15) is 0 Å². The predicted molar refractivity (Wildman–Crippen MR) is 50.6 cm³/mol. The number of nitrogens with zero attached hydrogens (tertiary/aromatic N) is 1. The molecule has 7 N–H and O–H groups in total. The average Bonchev–Trinajstić information content (AvgIpc) is 2.03. The highest BCUT2D eigenvalue weighted by molar-refractivity contribution is 5.54. The second-order valence-corrected chi connectivity index (χ2v) is 1.91. The molecule has 5 nitrogen and oxygen atoms in total. The van der Waals surface area contributed by atoms with Crippen LogP contribution in [0.25, 0.3) is 0 Å². The summed E-state index contributed by atoms with van der Waals surface area (Å²) in [5, 5.41) is 2.66. The second-order valence-electron chi connectivity index (χ2n) is 1.91. The first-order valence-corrected chi connectivity index (χ1v) is 3.19. The van der Waals surface area contributed by atoms with Crippen molar-refractivity contribution < 1.29 is 0 Å². The molecule has 0 aromatic heterocycles. The van der Waals surface area contributed by atoms with Gasteiger partial charge in [-0.2, -0.15) is 0 Å². The Morgan fingerprint density at radius 2 is 2.00 bits per heavy atom. The van der Waals surface area contributed by atoms with Crippen molar-refractivity contribution in [3.8, 4) is 0 Å². The summed E-state index contributed by atoms with van der Waals surface area (Å²) in [4.78, 5) is 3.72. The van der Waals surface area contributed by atoms with Gasteiger partial charge in [0.1, 0.15) is 0 Å². The summed E-state index contributed by atoms with van der Waals surface area (Å²) in [5.74, 6) is 0.333. The lowest BCUT2D eigenvalue weighted by Crippen LogP contribution is -2.17. The molecule has 0 unspecified atom stereocenters. The molecule has 0 spiro atoms. The zero-order valence-corrected chi connectivity index (χ0v) is 6.75. The Hall–Kier alpha value is -1.91. The van der Waals surface area contributed by atoms with Crippen molar-refractivity contribution in [3.05, 3.63) is 36.6 Å². The Morgan fingerprint density at radius 3 is 2.33 bits per heavy atom. The van der Waals surface area contributed by atoms with Crippen molar-refractivity contribution >= 4 is 6.34 Å². The van der Waals surface area contributed by atoms with Gasteiger partial charge < -0.3 is 22.5 Å². The molecule has 0 heterocycles. The molecule has 0 aromatic rings. The van der Waals surface area contributed by atoms with Gasteiger partial charge in [0.05, 0.1) is 17.7 Å². The Balaban J connectivity index is 4.78. The molecule has 66 valence electrons. The van der Waals surface area contributed by atoms with Gasteiger partial charge in [-0.1, -0.05) is 13.2 Å². The fraction of sp³-hybridized carbons (Fsp3) is 0. The summed E-state index contributed by atoms with van der Waals surface area (Å²) < 4.78 is 0. The van der Waals surface area contributed by atoms with Crippen LogP contribution in [0.2, 0.25) is 0 Å². The van der Waals surface area contributed by atoms with Crippen LogP contribution in [-0.4, -0.2) is 6.34 Å². The summed E-state index contributed by atoms with van der Waals surface area (Å²) in [7, 11) is 0. The summed E-state index contributed by atoms with van der Waals surface area (Å²) >= 11 is 0. The van der Waals surface area contributed by atoms with Crippen molar-refractivity contribution in [2.75, 3.05) is 0 Å². The molecule has 0 aromatic carbocycles. The van der Waals surface area contributed by atoms with Crippen molar-refractivity contribution in [1.82, 2.24) is 5.32 Å². The Labute approximate surface area is 71.3 Å². The summed E-state index contributed by atoms with van der Waals surface area (Å²) in [6.07, 6.45) is 2.51. The quantitative estimate of drug-likeness (QED) is 0.253. The van der Waals surface area contributed by atoms with Crippen LogP contribution >= 0.6 is 0 Å². The van der Waals surface area contributed by atoms with E-state index in [1.165, 1.54) is 6.20 Å². The molecule has 5 heteroatoms. The monoisotopic (exact) mass is 167 g/mol. The van der Waals surface area contributed by atoms with Gasteiger partial charge in [0.15, 0.2) is 5.82 Å². The lowest BCUT2D eigenvalue weighted by atomic mass is 10.3. The number of hydrogen-bond donors (Lipinski definition) is 4. The van der Waals surface area contributed by atoms with Gasteiger partial charge in [-0.05, 0) is 6.20 Å². The third-order valence-electron chi connectivity index (χ3n) is 1.04. The van der Waals surface area contributed by atoms with E-state index < -0.39 is 0 Å². The van der Waals surface area contributed by atoms with Crippen LogP contribution in [0.1, 0.15) is 0 Å². The maximum absolute atomic E-state index is 5.51. The SMILES string of the molecule is C=CNC(/N=C\N)=C(\N)C(=C)N. The Kier molecular flexibility index (Phi) is 4.07. The van der Waals surface area contributed by atoms with E-state index in [1.807, 2.05) is 0 Å². The Bertz CT molecular complexity index is 238. The molecule has 0 fully saturated rings. The average molecular weight is 167 g/mol. The molecule has 0 aliphatic carbocycles. The normalized spacial score (nSPS) is 12.3. The number of nitrogens with two attached hydrogens (primary N) is 3. The van der Waals surface area contributed by atoms with Crippen molar-refractivity contribution in [1.29, 1.82) is 0 Å². The molecule has 12 heavy (non-hydrogen) atoms. The van der Waals surface area contributed by atoms with E-state index in [4.69, 9.17) is 17.2 Å². The minimum Gasteiger partial charge on any atom is -0.397 e. The first-order valence-electron chi connectivity index (χ1n) is 3.19. The molecular formula is C7H13N5. The van der Waals surface area contributed by atoms with Crippen LogP contribution in [0.4, 0.5) is 0 Å². The minimum atomic E-state index is 0.227. The van der Waals surface area contributed by atoms with E-state index in [-0.39, 0.29) is 11.4 Å². The van der Waals surface area contributed by atoms with Crippen LogP contribution in [0.15, 0.2) is 41.6 Å². The minimum absolute atomic E-state index is 0.227. The van der Waals surface area contributed by atoms with Gasteiger partial charge in [-0.25, -0.2) is 4.99 Å². The molecule has 0 saturated heterocycles. The van der Waals surface area contributed by atoms with E-state index in [0.29, 0.717) is 5.82 Å². The lowest BCUT2D eigenvalue weighted by Gasteiger charge is -2.05. The van der Waals surface area contributed by atoms with Crippen LogP contribution in [-0.2, 0) is 0 Å². The number of rotatable bonds is 4. The van der Waals surface area contributed by atoms with Gasteiger partial charge in [0, 0.05) is 0 Å². The molecule has 0 aliphatic heterocycles. The first kappa shape index (κ1) is 10.1. The van der Waals surface area contributed by atoms with Gasteiger partial charge in [0.25, 0.3) is 0 Å². The zero-order valence-electron chi connectivity index (χ0n) is 6.75. The van der Waals surface area contributed by atoms with Crippen molar-refractivity contribution in [3.63, 3.8) is 0 Å². The molecule has 0 aliphatic rings. The maximum atomic E-state index is 5.51. The topological polar surface area (TPSA) is 102 Å². The summed E-state index contributed by atoms with van der Waals surface area (Å²) in [6, 6.07) is 0. The summed E-state index contributed by atoms with van der Waals surface area (Å²) in [5.41, 5.74) is 16.4. The van der Waals surface area contributed by atoms with E-state index in [0.717, 1.165) is 6.34 Å². The van der Waals surface area contributed by atoms with Gasteiger partial charge >= 0.3 is 0 Å². The smallest absolute Gasteiger partial charge is 0.156 e. The number of hydrogen-bond acceptors (Lipinski definition) is 4. The maximum Gasteiger partial charge on any atom is 0.156 e. The number of nitrogens with one attached hydrogen (secondary N) is 1. The summed E-state index contributed by atoms with van der Waals surface area (Å²) in [6.45, 7) is 6.88. The van der Waals surface area contributed by atoms with Gasteiger partial charge in [-0.3, -0.25) is 0 Å². The molecule has 0 rings (SSSR count). The molecule has 0 atom stereocenters. The molecule has 0 radical (unpaired) electrons. The third-order valence-corrected chi connectivity index (χ3v) is 1.04. The largest absolute Gasteiger partial charge is 0.397 e. The highest BCUT2D eigenvalue weighted by Crippen LogP contribution is 2.00. The van der Waals surface area contributed by atoms with E-state index in [2.05, 4.69) is 23.5 Å².